The Morgan fingerprint density at radius 3 is 2.24 bits per heavy atom. The average molecular weight is 392 g/mol. The number of anilines is 5. The van der Waals surface area contributed by atoms with Gasteiger partial charge in [-0.25, -0.2) is 0 Å². The van der Waals surface area contributed by atoms with Crippen LogP contribution in [-0.4, -0.2) is 48.4 Å². The van der Waals surface area contributed by atoms with E-state index in [0.717, 1.165) is 35.8 Å². The second-order valence-electron chi connectivity index (χ2n) is 6.73. The van der Waals surface area contributed by atoms with Crippen molar-refractivity contribution in [2.75, 3.05) is 48.9 Å². The summed E-state index contributed by atoms with van der Waals surface area (Å²) in [6.45, 7) is 4.86. The minimum atomic E-state index is 0.474. The van der Waals surface area contributed by atoms with E-state index in [1.807, 2.05) is 36.4 Å². The minimum absolute atomic E-state index is 0.474. The van der Waals surface area contributed by atoms with E-state index in [9.17, 15) is 0 Å². The van der Waals surface area contributed by atoms with Crippen LogP contribution in [0.25, 0.3) is 0 Å². The summed E-state index contributed by atoms with van der Waals surface area (Å²) in [7, 11) is 1.65. The summed E-state index contributed by atoms with van der Waals surface area (Å²) in [5.74, 6) is 2.38. The van der Waals surface area contributed by atoms with Gasteiger partial charge in [-0.05, 0) is 48.9 Å². The monoisotopic (exact) mass is 392 g/mol. The zero-order valence-corrected chi connectivity index (χ0v) is 16.6. The summed E-state index contributed by atoms with van der Waals surface area (Å²) in [6.07, 6.45) is 0. The molecule has 1 aromatic heterocycles. The molecule has 0 aliphatic carbocycles. The first-order chi connectivity index (χ1) is 14.2. The highest BCUT2D eigenvalue weighted by atomic mass is 16.5. The van der Waals surface area contributed by atoms with E-state index in [1.165, 1.54) is 0 Å². The van der Waals surface area contributed by atoms with E-state index in [0.29, 0.717) is 31.1 Å². The summed E-state index contributed by atoms with van der Waals surface area (Å²) in [4.78, 5) is 15.9. The summed E-state index contributed by atoms with van der Waals surface area (Å²) >= 11 is 0. The average Bonchev–Trinajstić information content (AvgIpc) is 2.75. The normalized spacial score (nSPS) is 13.8. The molecule has 150 valence electrons. The molecule has 3 aromatic rings. The maximum Gasteiger partial charge on any atom is 0.233 e. The van der Waals surface area contributed by atoms with Crippen LogP contribution in [0, 0.1) is 6.92 Å². The Bertz CT molecular complexity index is 958. The molecule has 2 heterocycles. The van der Waals surface area contributed by atoms with Crippen LogP contribution in [0.3, 0.4) is 0 Å². The van der Waals surface area contributed by atoms with Crippen LogP contribution in [0.1, 0.15) is 5.56 Å². The molecule has 0 radical (unpaired) electrons. The molecule has 2 N–H and O–H groups in total. The molecule has 29 heavy (non-hydrogen) atoms. The molecule has 0 unspecified atom stereocenters. The lowest BCUT2D eigenvalue weighted by Gasteiger charge is -2.27. The second kappa shape index (κ2) is 8.74. The van der Waals surface area contributed by atoms with E-state index >= 15 is 0 Å². The van der Waals surface area contributed by atoms with Crippen molar-refractivity contribution < 1.29 is 9.47 Å². The number of aromatic nitrogens is 3. The van der Waals surface area contributed by atoms with Gasteiger partial charge in [0.15, 0.2) is 0 Å². The van der Waals surface area contributed by atoms with Crippen LogP contribution in [0.2, 0.25) is 0 Å². The minimum Gasteiger partial charge on any atom is -0.497 e. The van der Waals surface area contributed by atoms with E-state index in [-0.39, 0.29) is 0 Å². The van der Waals surface area contributed by atoms with Gasteiger partial charge in [0.05, 0.1) is 20.3 Å². The summed E-state index contributed by atoms with van der Waals surface area (Å²) in [5, 5.41) is 6.55. The third-order valence-electron chi connectivity index (χ3n) is 4.54. The largest absolute Gasteiger partial charge is 0.497 e. The Kier molecular flexibility index (Phi) is 5.71. The molecular weight excluding hydrogens is 368 g/mol. The molecule has 1 aliphatic heterocycles. The quantitative estimate of drug-likeness (QED) is 0.659. The van der Waals surface area contributed by atoms with Crippen LogP contribution in [0.5, 0.6) is 5.75 Å². The topological polar surface area (TPSA) is 84.4 Å². The molecule has 0 amide bonds. The summed E-state index contributed by atoms with van der Waals surface area (Å²) < 4.78 is 10.7. The fourth-order valence-corrected chi connectivity index (χ4v) is 3.04. The number of benzene rings is 2. The molecule has 1 aliphatic rings. The highest BCUT2D eigenvalue weighted by Gasteiger charge is 2.17. The number of aryl methyl sites for hydroxylation is 1. The molecule has 1 fully saturated rings. The first-order valence-electron chi connectivity index (χ1n) is 9.53. The summed E-state index contributed by atoms with van der Waals surface area (Å²) in [6, 6.07) is 15.7. The maximum absolute atomic E-state index is 5.45. The molecule has 0 saturated carbocycles. The Hall–Kier alpha value is -3.39. The van der Waals surface area contributed by atoms with E-state index in [2.05, 4.69) is 49.5 Å². The van der Waals surface area contributed by atoms with Gasteiger partial charge in [0.1, 0.15) is 5.75 Å². The highest BCUT2D eigenvalue weighted by Crippen LogP contribution is 2.22. The molecule has 2 aromatic carbocycles. The molecular formula is C21H24N6O2. The Morgan fingerprint density at radius 2 is 1.59 bits per heavy atom. The van der Waals surface area contributed by atoms with Crippen LogP contribution in [0.4, 0.5) is 29.2 Å². The number of hydrogen-bond acceptors (Lipinski definition) is 8. The molecule has 8 heteroatoms. The van der Waals surface area contributed by atoms with Gasteiger partial charge in [-0.2, -0.15) is 15.0 Å². The third-order valence-corrected chi connectivity index (χ3v) is 4.54. The highest BCUT2D eigenvalue weighted by molar-refractivity contribution is 5.60. The molecule has 8 nitrogen and oxygen atoms in total. The zero-order valence-electron chi connectivity index (χ0n) is 16.6. The van der Waals surface area contributed by atoms with Crippen molar-refractivity contribution in [3.8, 4) is 5.75 Å². The van der Waals surface area contributed by atoms with Crippen LogP contribution < -0.4 is 20.3 Å². The van der Waals surface area contributed by atoms with Crippen molar-refractivity contribution in [1.82, 2.24) is 15.0 Å². The maximum atomic E-state index is 5.45. The Labute approximate surface area is 169 Å². The third kappa shape index (κ3) is 4.91. The van der Waals surface area contributed by atoms with Gasteiger partial charge in [0.2, 0.25) is 17.8 Å². The molecule has 4 rings (SSSR count). The lowest BCUT2D eigenvalue weighted by atomic mass is 10.2. The van der Waals surface area contributed by atoms with Gasteiger partial charge in [-0.3, -0.25) is 0 Å². The zero-order chi connectivity index (χ0) is 20.1. The van der Waals surface area contributed by atoms with Gasteiger partial charge < -0.3 is 25.0 Å². The van der Waals surface area contributed by atoms with Crippen LogP contribution >= 0.6 is 0 Å². The van der Waals surface area contributed by atoms with E-state index in [1.54, 1.807) is 7.11 Å². The van der Waals surface area contributed by atoms with E-state index in [4.69, 9.17) is 9.47 Å². The van der Waals surface area contributed by atoms with Crippen molar-refractivity contribution in [3.05, 3.63) is 54.1 Å². The standard InChI is InChI=1S/C21H24N6O2/c1-15-4-3-5-17(14-15)23-20-24-19(22-16-6-8-18(28-2)9-7-16)25-21(26-20)27-10-12-29-13-11-27/h3-9,14H,10-13H2,1-2H3,(H2,22,23,24,25,26). The first kappa shape index (κ1) is 18.9. The van der Waals surface area contributed by atoms with Gasteiger partial charge in [-0.1, -0.05) is 12.1 Å². The van der Waals surface area contributed by atoms with Crippen LogP contribution in [-0.2, 0) is 4.74 Å². The fraction of sp³-hybridized carbons (Fsp3) is 0.286. The van der Waals surface area contributed by atoms with E-state index < -0.39 is 0 Å². The first-order valence-corrected chi connectivity index (χ1v) is 9.53. The van der Waals surface area contributed by atoms with Gasteiger partial charge >= 0.3 is 0 Å². The Balaban J connectivity index is 1.63. The summed E-state index contributed by atoms with van der Waals surface area (Å²) in [5.41, 5.74) is 2.96. The molecule has 0 atom stereocenters. The van der Waals surface area contributed by atoms with Crippen molar-refractivity contribution in [1.29, 1.82) is 0 Å². The number of rotatable bonds is 6. The predicted molar refractivity (Wildman–Crippen MR) is 114 cm³/mol. The number of methoxy groups -OCH3 is 1. The number of ether oxygens (including phenoxy) is 2. The van der Waals surface area contributed by atoms with Gasteiger partial charge in [0, 0.05) is 24.5 Å². The lowest BCUT2D eigenvalue weighted by molar-refractivity contribution is 0.122. The molecule has 0 spiro atoms. The lowest BCUT2D eigenvalue weighted by Crippen LogP contribution is -2.37. The molecule has 0 bridgehead atoms. The van der Waals surface area contributed by atoms with Crippen molar-refractivity contribution in [2.24, 2.45) is 0 Å². The predicted octanol–water partition coefficient (Wildman–Crippen LogP) is 3.51. The second-order valence-corrected chi connectivity index (χ2v) is 6.73. The Morgan fingerprint density at radius 1 is 0.897 bits per heavy atom. The SMILES string of the molecule is COc1ccc(Nc2nc(Nc3cccc(C)c3)nc(N3CCOCC3)n2)cc1. The fourth-order valence-electron chi connectivity index (χ4n) is 3.04. The number of hydrogen-bond donors (Lipinski definition) is 2. The van der Waals surface area contributed by atoms with Gasteiger partial charge in [-0.15, -0.1) is 0 Å². The number of morpholine rings is 1. The van der Waals surface area contributed by atoms with Crippen molar-refractivity contribution >= 4 is 29.2 Å². The molecule has 1 saturated heterocycles. The van der Waals surface area contributed by atoms with Crippen molar-refractivity contribution in [3.63, 3.8) is 0 Å². The number of nitrogens with zero attached hydrogens (tertiary/aromatic N) is 4. The van der Waals surface area contributed by atoms with Crippen molar-refractivity contribution in [2.45, 2.75) is 6.92 Å². The number of nitrogens with one attached hydrogen (secondary N) is 2. The smallest absolute Gasteiger partial charge is 0.233 e. The van der Waals surface area contributed by atoms with Crippen LogP contribution in [0.15, 0.2) is 48.5 Å². The van der Waals surface area contributed by atoms with Gasteiger partial charge in [0.25, 0.3) is 0 Å².